The number of hydrogen-bond acceptors (Lipinski definition) is 5. The van der Waals surface area contributed by atoms with E-state index in [0.717, 1.165) is 13.0 Å². The largest absolute Gasteiger partial charge is 0.352 e. The van der Waals surface area contributed by atoms with E-state index in [0.29, 0.717) is 34.6 Å². The summed E-state index contributed by atoms with van der Waals surface area (Å²) in [5.41, 5.74) is 1.17. The lowest BCUT2D eigenvalue weighted by Crippen LogP contribution is -2.31. The van der Waals surface area contributed by atoms with Crippen LogP contribution in [0, 0.1) is 0 Å². The van der Waals surface area contributed by atoms with Gasteiger partial charge in [-0.05, 0) is 56.3 Å². The van der Waals surface area contributed by atoms with Crippen molar-refractivity contribution >= 4 is 17.5 Å². The van der Waals surface area contributed by atoms with Crippen LogP contribution in [-0.4, -0.2) is 57.6 Å². The van der Waals surface area contributed by atoms with Crippen LogP contribution >= 0.6 is 11.6 Å². The Morgan fingerprint density at radius 1 is 1.52 bits per heavy atom. The number of nitrogens with zero attached hydrogens (tertiary/aromatic N) is 4. The summed E-state index contributed by atoms with van der Waals surface area (Å²) in [4.78, 5) is 14.6. The molecular formula is C15H19ClN6O. The fourth-order valence-electron chi connectivity index (χ4n) is 2.91. The van der Waals surface area contributed by atoms with Crippen LogP contribution in [-0.2, 0) is 0 Å². The Morgan fingerprint density at radius 3 is 3.04 bits per heavy atom. The number of rotatable bonds is 5. The van der Waals surface area contributed by atoms with Gasteiger partial charge in [0.1, 0.15) is 0 Å². The van der Waals surface area contributed by atoms with Gasteiger partial charge in [0.25, 0.3) is 5.91 Å². The van der Waals surface area contributed by atoms with Crippen LogP contribution in [0.1, 0.15) is 29.6 Å². The minimum Gasteiger partial charge on any atom is -0.352 e. The molecular weight excluding hydrogens is 316 g/mol. The SMILES string of the molecule is CN1CCCC1CCNC(=O)c1ccc(-c2nn[nH]n2)c(Cl)c1. The lowest BCUT2D eigenvalue weighted by atomic mass is 10.1. The third-order valence-corrected chi connectivity index (χ3v) is 4.56. The van der Waals surface area contributed by atoms with E-state index in [1.165, 1.54) is 12.8 Å². The summed E-state index contributed by atoms with van der Waals surface area (Å²) in [6.07, 6.45) is 3.41. The maximum atomic E-state index is 12.2. The van der Waals surface area contributed by atoms with Gasteiger partial charge in [-0.15, -0.1) is 10.2 Å². The molecule has 122 valence electrons. The molecule has 7 nitrogen and oxygen atoms in total. The van der Waals surface area contributed by atoms with Crippen LogP contribution in [0.15, 0.2) is 18.2 Å². The van der Waals surface area contributed by atoms with Crippen molar-refractivity contribution in [2.45, 2.75) is 25.3 Å². The molecule has 1 saturated heterocycles. The predicted molar refractivity (Wildman–Crippen MR) is 87.2 cm³/mol. The number of benzene rings is 1. The fourth-order valence-corrected chi connectivity index (χ4v) is 3.18. The molecule has 0 radical (unpaired) electrons. The number of carbonyl (C=O) groups is 1. The van der Waals surface area contributed by atoms with Gasteiger partial charge in [0.05, 0.1) is 5.02 Å². The summed E-state index contributed by atoms with van der Waals surface area (Å²) in [5.74, 6) is 0.290. The van der Waals surface area contributed by atoms with Crippen LogP contribution in [0.4, 0.5) is 0 Å². The zero-order valence-corrected chi connectivity index (χ0v) is 13.7. The highest BCUT2D eigenvalue weighted by Gasteiger charge is 2.20. The highest BCUT2D eigenvalue weighted by molar-refractivity contribution is 6.33. The van der Waals surface area contributed by atoms with E-state index in [-0.39, 0.29) is 5.91 Å². The molecule has 0 bridgehead atoms. The van der Waals surface area contributed by atoms with Crippen molar-refractivity contribution in [3.8, 4) is 11.4 Å². The second-order valence-corrected chi connectivity index (χ2v) is 6.16. The number of tetrazole rings is 1. The molecule has 2 aromatic rings. The van der Waals surface area contributed by atoms with Gasteiger partial charge in [0.15, 0.2) is 0 Å². The monoisotopic (exact) mass is 334 g/mol. The Kier molecular flexibility index (Phi) is 4.88. The number of likely N-dealkylation sites (tertiary alicyclic amines) is 1. The molecule has 0 aliphatic carbocycles. The number of halogens is 1. The van der Waals surface area contributed by atoms with Crippen molar-refractivity contribution in [2.75, 3.05) is 20.1 Å². The first-order valence-corrected chi connectivity index (χ1v) is 8.05. The Balaban J connectivity index is 1.58. The first kappa shape index (κ1) is 15.9. The van der Waals surface area contributed by atoms with E-state index >= 15 is 0 Å². The Labute approximate surface area is 139 Å². The molecule has 1 amide bonds. The standard InChI is InChI=1S/C15H19ClN6O/c1-22-8-2-3-11(22)6-7-17-15(23)10-4-5-12(13(16)9-10)14-18-20-21-19-14/h4-5,9,11H,2-3,6-8H2,1H3,(H,17,23)(H,18,19,20,21). The van der Waals surface area contributed by atoms with Gasteiger partial charge in [-0.25, -0.2) is 0 Å². The number of carbonyl (C=O) groups excluding carboxylic acids is 1. The van der Waals surface area contributed by atoms with Crippen molar-refractivity contribution in [3.05, 3.63) is 28.8 Å². The lowest BCUT2D eigenvalue weighted by molar-refractivity contribution is 0.0950. The molecule has 8 heteroatoms. The molecule has 0 saturated carbocycles. The Bertz CT molecular complexity index is 675. The molecule has 1 aliphatic rings. The molecule has 1 aromatic carbocycles. The number of nitrogens with one attached hydrogen (secondary N) is 2. The molecule has 1 unspecified atom stereocenters. The van der Waals surface area contributed by atoms with Crippen molar-refractivity contribution in [1.29, 1.82) is 0 Å². The maximum Gasteiger partial charge on any atom is 0.251 e. The number of aromatic amines is 1. The summed E-state index contributed by atoms with van der Waals surface area (Å²) in [7, 11) is 2.13. The summed E-state index contributed by atoms with van der Waals surface area (Å²) in [6, 6.07) is 5.64. The average Bonchev–Trinajstić information content (AvgIpc) is 3.19. The number of hydrogen-bond donors (Lipinski definition) is 2. The molecule has 2 N–H and O–H groups in total. The van der Waals surface area contributed by atoms with Gasteiger partial charge >= 0.3 is 0 Å². The average molecular weight is 335 g/mol. The topological polar surface area (TPSA) is 86.8 Å². The van der Waals surface area contributed by atoms with Crippen LogP contribution in [0.5, 0.6) is 0 Å². The van der Waals surface area contributed by atoms with Gasteiger partial charge < -0.3 is 10.2 Å². The summed E-state index contributed by atoms with van der Waals surface area (Å²) in [5, 5.41) is 17.0. The number of H-pyrrole nitrogens is 1. The van der Waals surface area contributed by atoms with E-state index in [1.54, 1.807) is 18.2 Å². The quantitative estimate of drug-likeness (QED) is 0.869. The molecule has 1 atom stereocenters. The molecule has 3 rings (SSSR count). The lowest BCUT2D eigenvalue weighted by Gasteiger charge is -2.19. The van der Waals surface area contributed by atoms with Crippen molar-refractivity contribution in [1.82, 2.24) is 30.8 Å². The fraction of sp³-hybridized carbons (Fsp3) is 0.467. The van der Waals surface area contributed by atoms with Crippen LogP contribution in [0.25, 0.3) is 11.4 Å². The van der Waals surface area contributed by atoms with E-state index in [9.17, 15) is 4.79 Å². The van der Waals surface area contributed by atoms with Gasteiger partial charge in [0.2, 0.25) is 5.82 Å². The van der Waals surface area contributed by atoms with E-state index in [1.807, 2.05) is 0 Å². The minimum atomic E-state index is -0.118. The van der Waals surface area contributed by atoms with E-state index in [4.69, 9.17) is 11.6 Å². The number of aromatic nitrogens is 4. The molecule has 1 fully saturated rings. The zero-order chi connectivity index (χ0) is 16.2. The normalized spacial score (nSPS) is 18.3. The molecule has 23 heavy (non-hydrogen) atoms. The maximum absolute atomic E-state index is 12.2. The summed E-state index contributed by atoms with van der Waals surface area (Å²) in [6.45, 7) is 1.81. The van der Waals surface area contributed by atoms with Crippen molar-refractivity contribution in [3.63, 3.8) is 0 Å². The zero-order valence-electron chi connectivity index (χ0n) is 12.9. The minimum absolute atomic E-state index is 0.118. The Morgan fingerprint density at radius 2 is 2.39 bits per heavy atom. The van der Waals surface area contributed by atoms with Gasteiger partial charge in [-0.2, -0.15) is 5.21 Å². The smallest absolute Gasteiger partial charge is 0.251 e. The van der Waals surface area contributed by atoms with Gasteiger partial charge in [-0.3, -0.25) is 4.79 Å². The molecule has 2 heterocycles. The van der Waals surface area contributed by atoms with Crippen LogP contribution in [0.2, 0.25) is 5.02 Å². The number of amides is 1. The summed E-state index contributed by atoms with van der Waals surface area (Å²) >= 11 is 6.21. The van der Waals surface area contributed by atoms with E-state index < -0.39 is 0 Å². The molecule has 0 spiro atoms. The highest BCUT2D eigenvalue weighted by Crippen LogP contribution is 2.25. The predicted octanol–water partition coefficient (Wildman–Crippen LogP) is 1.73. The second-order valence-electron chi connectivity index (χ2n) is 5.75. The Hall–Kier alpha value is -1.99. The first-order chi connectivity index (χ1) is 11.1. The van der Waals surface area contributed by atoms with Crippen molar-refractivity contribution < 1.29 is 4.79 Å². The second kappa shape index (κ2) is 7.06. The highest BCUT2D eigenvalue weighted by atomic mass is 35.5. The van der Waals surface area contributed by atoms with Crippen LogP contribution in [0.3, 0.4) is 0 Å². The van der Waals surface area contributed by atoms with Gasteiger partial charge in [-0.1, -0.05) is 11.6 Å². The summed E-state index contributed by atoms with van der Waals surface area (Å²) < 4.78 is 0. The molecule has 1 aromatic heterocycles. The van der Waals surface area contributed by atoms with E-state index in [2.05, 4.69) is 37.9 Å². The third kappa shape index (κ3) is 3.68. The third-order valence-electron chi connectivity index (χ3n) is 4.25. The first-order valence-electron chi connectivity index (χ1n) is 7.67. The van der Waals surface area contributed by atoms with Crippen LogP contribution < -0.4 is 5.32 Å². The van der Waals surface area contributed by atoms with Crippen molar-refractivity contribution in [2.24, 2.45) is 0 Å². The van der Waals surface area contributed by atoms with Gasteiger partial charge in [0, 0.05) is 23.7 Å². The molecule has 1 aliphatic heterocycles.